The molecule has 0 atom stereocenters. The lowest BCUT2D eigenvalue weighted by Crippen LogP contribution is -2.25. The van der Waals surface area contributed by atoms with Gasteiger partial charge in [-0.25, -0.2) is 4.79 Å². The topological polar surface area (TPSA) is 112 Å². The fourth-order valence-corrected chi connectivity index (χ4v) is 4.19. The molecule has 0 saturated carbocycles. The van der Waals surface area contributed by atoms with E-state index >= 15 is 0 Å². The highest BCUT2D eigenvalue weighted by molar-refractivity contribution is 7.80. The smallest absolute Gasteiger partial charge is 0.335 e. The maximum Gasteiger partial charge on any atom is 0.335 e. The quantitative estimate of drug-likeness (QED) is 0.129. The molecule has 8 nitrogen and oxygen atoms in total. The number of rotatable bonds is 7. The first-order valence-corrected chi connectivity index (χ1v) is 12.8. The number of aromatic hydroxyl groups is 1. The number of carbonyl (C=O) groups is 1. The largest absolute Gasteiger partial charge is 0.504 e. The Bertz CT molecular complexity index is 1500. The van der Waals surface area contributed by atoms with Gasteiger partial charge >= 0.3 is 5.97 Å². The minimum Gasteiger partial charge on any atom is -0.504 e. The molecular weight excluding hydrogens is 510 g/mol. The van der Waals surface area contributed by atoms with Gasteiger partial charge in [0.15, 0.2) is 16.6 Å². The fraction of sp³-hybridized carbons (Fsp3) is 0.200. The van der Waals surface area contributed by atoms with E-state index in [-0.39, 0.29) is 21.8 Å². The molecule has 0 aliphatic rings. The predicted octanol–water partition coefficient (Wildman–Crippen LogP) is 6.01. The summed E-state index contributed by atoms with van der Waals surface area (Å²) in [6.45, 7) is 8.69. The minimum atomic E-state index is -1.00. The van der Waals surface area contributed by atoms with Gasteiger partial charge in [-0.15, -0.1) is 0 Å². The van der Waals surface area contributed by atoms with Crippen LogP contribution in [0.2, 0.25) is 0 Å². The van der Waals surface area contributed by atoms with Crippen molar-refractivity contribution in [3.8, 4) is 17.0 Å². The van der Waals surface area contributed by atoms with Gasteiger partial charge in [-0.2, -0.15) is 10.2 Å². The van der Waals surface area contributed by atoms with Crippen molar-refractivity contribution < 1.29 is 15.0 Å². The molecule has 0 bridgehead atoms. The molecule has 0 aliphatic heterocycles. The van der Waals surface area contributed by atoms with Crippen LogP contribution in [0.3, 0.4) is 0 Å². The normalized spacial score (nSPS) is 11.7. The molecule has 0 saturated heterocycles. The minimum absolute atomic E-state index is 0.00961. The van der Waals surface area contributed by atoms with E-state index in [9.17, 15) is 9.90 Å². The second kappa shape index (κ2) is 11.5. The Hall–Kier alpha value is -4.50. The molecule has 0 aliphatic carbocycles. The average molecular weight is 542 g/mol. The van der Waals surface area contributed by atoms with Crippen molar-refractivity contribution in [1.29, 1.82) is 0 Å². The number of hydrogen-bond donors (Lipinski definition) is 4. The molecule has 4 rings (SSSR count). The third-order valence-corrected chi connectivity index (χ3v) is 6.38. The summed E-state index contributed by atoms with van der Waals surface area (Å²) in [6.07, 6.45) is 0. The van der Waals surface area contributed by atoms with Crippen LogP contribution in [0.4, 0.5) is 5.69 Å². The van der Waals surface area contributed by atoms with Crippen molar-refractivity contribution in [2.45, 2.75) is 39.7 Å². The maximum absolute atomic E-state index is 11.3. The van der Waals surface area contributed by atoms with Crippen LogP contribution in [0.25, 0.3) is 11.3 Å². The van der Waals surface area contributed by atoms with Crippen LogP contribution in [-0.4, -0.2) is 36.8 Å². The second-order valence-electron chi connectivity index (χ2n) is 10.2. The third kappa shape index (κ3) is 6.69. The number of hydrazone groups is 1. The summed E-state index contributed by atoms with van der Waals surface area (Å²) in [4.78, 5) is 11.0. The van der Waals surface area contributed by atoms with Gasteiger partial charge in [0.2, 0.25) is 0 Å². The van der Waals surface area contributed by atoms with E-state index in [0.29, 0.717) is 29.3 Å². The van der Waals surface area contributed by atoms with Gasteiger partial charge in [-0.05, 0) is 59.9 Å². The van der Waals surface area contributed by atoms with Crippen molar-refractivity contribution in [2.24, 2.45) is 5.10 Å². The zero-order valence-electron chi connectivity index (χ0n) is 22.3. The Morgan fingerprint density at radius 1 is 1.00 bits per heavy atom. The number of aromatic carboxylic acids is 1. The van der Waals surface area contributed by atoms with Crippen LogP contribution in [0, 0.1) is 0 Å². The van der Waals surface area contributed by atoms with Crippen LogP contribution in [0.15, 0.2) is 84.0 Å². The predicted molar refractivity (Wildman–Crippen MR) is 159 cm³/mol. The molecule has 0 radical (unpaired) electrons. The molecule has 39 heavy (non-hydrogen) atoms. The van der Waals surface area contributed by atoms with Gasteiger partial charge in [-0.1, -0.05) is 75.4 Å². The van der Waals surface area contributed by atoms with Crippen LogP contribution >= 0.6 is 12.2 Å². The molecule has 3 aromatic carbocycles. The summed E-state index contributed by atoms with van der Waals surface area (Å²) in [6, 6.07) is 24.3. The standard InChI is InChI=1S/C30H31N5O3S/c1-19(32-33-29(39)31-24-16-12-22(13-17-24)28(37)38)25-27(36)26(21-10-14-23(15-11-21)30(2,3)4)35(34-25)18-20-8-6-5-7-9-20/h5-17,36H,18H2,1-4H3,(H,37,38)(H2,31,33,39)/b32-19-. The number of carboxylic acids is 1. The summed E-state index contributed by atoms with van der Waals surface area (Å²) < 4.78 is 1.78. The molecule has 0 amide bonds. The first kappa shape index (κ1) is 27.5. The van der Waals surface area contributed by atoms with E-state index in [2.05, 4.69) is 48.7 Å². The van der Waals surface area contributed by atoms with Gasteiger partial charge in [-0.3, -0.25) is 10.1 Å². The van der Waals surface area contributed by atoms with E-state index in [0.717, 1.165) is 11.1 Å². The maximum atomic E-state index is 11.3. The first-order chi connectivity index (χ1) is 18.5. The van der Waals surface area contributed by atoms with Gasteiger partial charge in [0.05, 0.1) is 17.8 Å². The lowest BCUT2D eigenvalue weighted by molar-refractivity contribution is 0.0697. The van der Waals surface area contributed by atoms with E-state index in [1.807, 2.05) is 42.5 Å². The van der Waals surface area contributed by atoms with Crippen molar-refractivity contribution in [2.75, 3.05) is 5.32 Å². The molecule has 0 unspecified atom stereocenters. The summed E-state index contributed by atoms with van der Waals surface area (Å²) in [5.41, 5.74) is 8.03. The van der Waals surface area contributed by atoms with E-state index < -0.39 is 5.97 Å². The molecule has 0 spiro atoms. The number of nitrogens with one attached hydrogen (secondary N) is 2. The summed E-state index contributed by atoms with van der Waals surface area (Å²) >= 11 is 5.32. The van der Waals surface area contributed by atoms with Crippen molar-refractivity contribution in [3.63, 3.8) is 0 Å². The highest BCUT2D eigenvalue weighted by atomic mass is 32.1. The molecule has 9 heteroatoms. The Balaban J connectivity index is 1.60. The highest BCUT2D eigenvalue weighted by Crippen LogP contribution is 2.34. The summed E-state index contributed by atoms with van der Waals surface area (Å²) in [7, 11) is 0. The van der Waals surface area contributed by atoms with Crippen LogP contribution in [0.5, 0.6) is 5.75 Å². The van der Waals surface area contributed by atoms with Crippen molar-refractivity contribution >= 4 is 34.7 Å². The van der Waals surface area contributed by atoms with E-state index in [1.165, 1.54) is 17.7 Å². The fourth-order valence-electron chi connectivity index (χ4n) is 4.02. The van der Waals surface area contributed by atoms with E-state index in [4.69, 9.17) is 22.4 Å². The Morgan fingerprint density at radius 3 is 2.23 bits per heavy atom. The third-order valence-electron chi connectivity index (χ3n) is 6.18. The lowest BCUT2D eigenvalue weighted by Gasteiger charge is -2.19. The number of benzene rings is 3. The van der Waals surface area contributed by atoms with Gasteiger partial charge < -0.3 is 15.5 Å². The molecule has 0 fully saturated rings. The number of hydrogen-bond acceptors (Lipinski definition) is 5. The number of carboxylic acid groups (broad SMARTS) is 1. The molecular formula is C30H31N5O3S. The Labute approximate surface area is 233 Å². The Morgan fingerprint density at radius 2 is 1.64 bits per heavy atom. The number of thiocarbonyl (C=S) groups is 1. The number of anilines is 1. The molecule has 4 aromatic rings. The lowest BCUT2D eigenvalue weighted by atomic mass is 9.86. The molecule has 1 heterocycles. The number of aromatic nitrogens is 2. The monoisotopic (exact) mass is 541 g/mol. The molecule has 200 valence electrons. The molecule has 4 N–H and O–H groups in total. The average Bonchev–Trinajstić information content (AvgIpc) is 3.23. The summed E-state index contributed by atoms with van der Waals surface area (Å²) in [5, 5.41) is 32.6. The number of nitrogens with zero attached hydrogens (tertiary/aromatic N) is 3. The second-order valence-corrected chi connectivity index (χ2v) is 10.6. The van der Waals surface area contributed by atoms with Crippen LogP contribution < -0.4 is 10.7 Å². The SMILES string of the molecule is C/C(=N/NC(=S)Nc1ccc(C(=O)O)cc1)c1nn(Cc2ccccc2)c(-c2ccc(C(C)(C)C)cc2)c1O. The van der Waals surface area contributed by atoms with Gasteiger partial charge in [0, 0.05) is 11.3 Å². The Kier molecular flexibility index (Phi) is 8.11. The van der Waals surface area contributed by atoms with Crippen molar-refractivity contribution in [1.82, 2.24) is 15.2 Å². The van der Waals surface area contributed by atoms with Gasteiger partial charge in [0.1, 0.15) is 5.69 Å². The van der Waals surface area contributed by atoms with Crippen LogP contribution in [0.1, 0.15) is 54.9 Å². The molecule has 1 aromatic heterocycles. The van der Waals surface area contributed by atoms with Crippen molar-refractivity contribution in [3.05, 3.63) is 101 Å². The van der Waals surface area contributed by atoms with E-state index in [1.54, 1.807) is 23.7 Å². The van der Waals surface area contributed by atoms with Crippen LogP contribution in [-0.2, 0) is 12.0 Å². The zero-order valence-corrected chi connectivity index (χ0v) is 23.1. The van der Waals surface area contributed by atoms with Gasteiger partial charge in [0.25, 0.3) is 0 Å². The highest BCUT2D eigenvalue weighted by Gasteiger charge is 2.22. The summed E-state index contributed by atoms with van der Waals surface area (Å²) in [5.74, 6) is -0.973. The first-order valence-electron chi connectivity index (χ1n) is 12.4. The zero-order chi connectivity index (χ0) is 28.2.